The predicted octanol–water partition coefficient (Wildman–Crippen LogP) is 0.197. The van der Waals surface area contributed by atoms with Crippen LogP contribution in [-0.4, -0.2) is 66.2 Å². The van der Waals surface area contributed by atoms with E-state index in [1.54, 1.807) is 0 Å². The SMILES string of the molecule is CCN(C)CCNC(=O)N1CCC[C@@H]1C(=O)O. The third-order valence-corrected chi connectivity index (χ3v) is 3.11. The van der Waals surface area contributed by atoms with Crippen molar-refractivity contribution in [3.05, 3.63) is 0 Å². The Kier molecular flexibility index (Phi) is 5.21. The summed E-state index contributed by atoms with van der Waals surface area (Å²) >= 11 is 0. The summed E-state index contributed by atoms with van der Waals surface area (Å²) in [5, 5.41) is 11.7. The summed E-state index contributed by atoms with van der Waals surface area (Å²) in [6.45, 7) is 4.83. The average molecular weight is 243 g/mol. The van der Waals surface area contributed by atoms with Gasteiger partial charge in [-0.3, -0.25) is 0 Å². The first kappa shape index (κ1) is 13.8. The summed E-state index contributed by atoms with van der Waals surface area (Å²) in [6, 6.07) is -0.918. The van der Waals surface area contributed by atoms with E-state index < -0.39 is 12.0 Å². The number of amides is 2. The maximum Gasteiger partial charge on any atom is 0.326 e. The number of carboxylic acid groups (broad SMARTS) is 1. The molecule has 17 heavy (non-hydrogen) atoms. The number of nitrogens with one attached hydrogen (secondary N) is 1. The molecule has 0 saturated carbocycles. The first-order valence-electron chi connectivity index (χ1n) is 6.02. The van der Waals surface area contributed by atoms with E-state index in [4.69, 9.17) is 5.11 Å². The molecule has 0 bridgehead atoms. The minimum Gasteiger partial charge on any atom is -0.480 e. The molecule has 0 aromatic heterocycles. The summed E-state index contributed by atoms with van der Waals surface area (Å²) in [5.41, 5.74) is 0. The molecule has 2 amide bonds. The van der Waals surface area contributed by atoms with E-state index in [2.05, 4.69) is 10.2 Å². The molecule has 0 unspecified atom stereocenters. The van der Waals surface area contributed by atoms with E-state index in [9.17, 15) is 9.59 Å². The molecule has 0 radical (unpaired) electrons. The van der Waals surface area contributed by atoms with Gasteiger partial charge in [0.1, 0.15) is 6.04 Å². The third kappa shape index (κ3) is 3.89. The molecule has 1 rings (SSSR count). The summed E-state index contributed by atoms with van der Waals surface area (Å²) in [5.74, 6) is -0.914. The second-order valence-corrected chi connectivity index (χ2v) is 4.32. The van der Waals surface area contributed by atoms with Crippen molar-refractivity contribution in [3.63, 3.8) is 0 Å². The Morgan fingerprint density at radius 1 is 1.53 bits per heavy atom. The van der Waals surface area contributed by atoms with Crippen molar-refractivity contribution in [1.29, 1.82) is 0 Å². The van der Waals surface area contributed by atoms with Crippen molar-refractivity contribution in [2.24, 2.45) is 0 Å². The fraction of sp³-hybridized carbons (Fsp3) is 0.818. The average Bonchev–Trinajstić information content (AvgIpc) is 2.77. The lowest BCUT2D eigenvalue weighted by Gasteiger charge is -2.22. The van der Waals surface area contributed by atoms with Gasteiger partial charge >= 0.3 is 12.0 Å². The predicted molar refractivity (Wildman–Crippen MR) is 63.9 cm³/mol. The van der Waals surface area contributed by atoms with Crippen molar-refractivity contribution in [2.75, 3.05) is 33.2 Å². The smallest absolute Gasteiger partial charge is 0.326 e. The quantitative estimate of drug-likeness (QED) is 0.723. The number of urea groups is 1. The summed E-state index contributed by atoms with van der Waals surface area (Å²) in [7, 11) is 1.97. The Hall–Kier alpha value is -1.30. The number of likely N-dealkylation sites (tertiary alicyclic amines) is 1. The van der Waals surface area contributed by atoms with Gasteiger partial charge in [-0.1, -0.05) is 6.92 Å². The number of likely N-dealkylation sites (N-methyl/N-ethyl adjacent to an activating group) is 1. The molecule has 98 valence electrons. The second kappa shape index (κ2) is 6.44. The number of hydrogen-bond acceptors (Lipinski definition) is 3. The van der Waals surface area contributed by atoms with Crippen LogP contribution in [0, 0.1) is 0 Å². The number of carboxylic acids is 1. The van der Waals surface area contributed by atoms with Crippen molar-refractivity contribution >= 4 is 12.0 Å². The number of carbonyl (C=O) groups excluding carboxylic acids is 1. The number of aliphatic carboxylic acids is 1. The molecule has 1 heterocycles. The van der Waals surface area contributed by atoms with Crippen LogP contribution < -0.4 is 5.32 Å². The maximum atomic E-state index is 11.8. The van der Waals surface area contributed by atoms with E-state index in [0.717, 1.165) is 19.5 Å². The largest absolute Gasteiger partial charge is 0.480 e. The summed E-state index contributed by atoms with van der Waals surface area (Å²) in [4.78, 5) is 26.2. The number of nitrogens with zero attached hydrogens (tertiary/aromatic N) is 2. The molecule has 1 atom stereocenters. The first-order valence-corrected chi connectivity index (χ1v) is 6.02. The molecule has 0 aromatic carbocycles. The summed E-state index contributed by atoms with van der Waals surface area (Å²) < 4.78 is 0. The highest BCUT2D eigenvalue weighted by Gasteiger charge is 2.33. The molecule has 0 spiro atoms. The van der Waals surface area contributed by atoms with Crippen LogP contribution in [0.4, 0.5) is 4.79 Å². The molecule has 1 saturated heterocycles. The minimum atomic E-state index is -0.914. The van der Waals surface area contributed by atoms with Gasteiger partial charge in [0.15, 0.2) is 0 Å². The zero-order valence-electron chi connectivity index (χ0n) is 10.5. The Morgan fingerprint density at radius 2 is 2.24 bits per heavy atom. The van der Waals surface area contributed by atoms with Gasteiger partial charge in [-0.2, -0.15) is 0 Å². The molecule has 2 N–H and O–H groups in total. The highest BCUT2D eigenvalue weighted by Crippen LogP contribution is 2.16. The van der Waals surface area contributed by atoms with E-state index >= 15 is 0 Å². The Morgan fingerprint density at radius 3 is 2.82 bits per heavy atom. The van der Waals surface area contributed by atoms with Crippen LogP contribution in [0.5, 0.6) is 0 Å². The number of rotatable bonds is 5. The van der Waals surface area contributed by atoms with Crippen LogP contribution in [0.25, 0.3) is 0 Å². The zero-order valence-corrected chi connectivity index (χ0v) is 10.5. The van der Waals surface area contributed by atoms with E-state index in [1.165, 1.54) is 4.90 Å². The molecular formula is C11H21N3O3. The Bertz CT molecular complexity index is 283. The van der Waals surface area contributed by atoms with Crippen molar-refractivity contribution in [1.82, 2.24) is 15.1 Å². The molecule has 6 nitrogen and oxygen atoms in total. The number of carbonyl (C=O) groups is 2. The van der Waals surface area contributed by atoms with Crippen LogP contribution in [0.2, 0.25) is 0 Å². The minimum absolute atomic E-state index is 0.264. The van der Waals surface area contributed by atoms with Gasteiger partial charge in [-0.05, 0) is 26.4 Å². The summed E-state index contributed by atoms with van der Waals surface area (Å²) in [6.07, 6.45) is 1.32. The van der Waals surface area contributed by atoms with E-state index in [0.29, 0.717) is 19.5 Å². The lowest BCUT2D eigenvalue weighted by atomic mass is 10.2. The van der Waals surface area contributed by atoms with Gasteiger partial charge in [0.2, 0.25) is 0 Å². The molecule has 1 aliphatic heterocycles. The van der Waals surface area contributed by atoms with Gasteiger partial charge in [0.25, 0.3) is 0 Å². The van der Waals surface area contributed by atoms with Crippen molar-refractivity contribution in [3.8, 4) is 0 Å². The molecule has 0 aliphatic carbocycles. The molecule has 0 aromatic rings. The molecule has 1 fully saturated rings. The lowest BCUT2D eigenvalue weighted by molar-refractivity contribution is -0.141. The monoisotopic (exact) mass is 243 g/mol. The van der Waals surface area contributed by atoms with Crippen LogP contribution >= 0.6 is 0 Å². The van der Waals surface area contributed by atoms with Crippen LogP contribution in [0.3, 0.4) is 0 Å². The fourth-order valence-corrected chi connectivity index (χ4v) is 1.88. The Balaban J connectivity index is 2.34. The molecular weight excluding hydrogens is 222 g/mol. The Labute approximate surface area is 102 Å². The van der Waals surface area contributed by atoms with Crippen LogP contribution in [0.1, 0.15) is 19.8 Å². The topological polar surface area (TPSA) is 72.9 Å². The van der Waals surface area contributed by atoms with Crippen molar-refractivity contribution in [2.45, 2.75) is 25.8 Å². The maximum absolute atomic E-state index is 11.8. The highest BCUT2D eigenvalue weighted by atomic mass is 16.4. The van der Waals surface area contributed by atoms with Gasteiger partial charge in [0.05, 0.1) is 0 Å². The second-order valence-electron chi connectivity index (χ2n) is 4.32. The third-order valence-electron chi connectivity index (χ3n) is 3.11. The van der Waals surface area contributed by atoms with E-state index in [1.807, 2.05) is 14.0 Å². The fourth-order valence-electron chi connectivity index (χ4n) is 1.88. The highest BCUT2D eigenvalue weighted by molar-refractivity contribution is 5.83. The normalized spacial score (nSPS) is 19.7. The standard InChI is InChI=1S/C11H21N3O3/c1-3-13(2)8-6-12-11(17)14-7-4-5-9(14)10(15)16/h9H,3-8H2,1-2H3,(H,12,17)(H,15,16)/t9-/m1/s1. The molecule has 6 heteroatoms. The number of hydrogen-bond donors (Lipinski definition) is 2. The zero-order chi connectivity index (χ0) is 12.8. The van der Waals surface area contributed by atoms with Gasteiger partial charge in [-0.15, -0.1) is 0 Å². The van der Waals surface area contributed by atoms with Gasteiger partial charge in [0, 0.05) is 19.6 Å². The van der Waals surface area contributed by atoms with Crippen LogP contribution in [0.15, 0.2) is 0 Å². The molecule has 1 aliphatic rings. The van der Waals surface area contributed by atoms with Gasteiger partial charge in [-0.25, -0.2) is 9.59 Å². The first-order chi connectivity index (χ1) is 8.06. The van der Waals surface area contributed by atoms with E-state index in [-0.39, 0.29) is 6.03 Å². The van der Waals surface area contributed by atoms with Crippen LogP contribution in [-0.2, 0) is 4.79 Å². The lowest BCUT2D eigenvalue weighted by Crippen LogP contribution is -2.47. The van der Waals surface area contributed by atoms with Crippen molar-refractivity contribution < 1.29 is 14.7 Å². The van der Waals surface area contributed by atoms with Gasteiger partial charge < -0.3 is 20.2 Å².